The Hall–Kier alpha value is -1.09. The first kappa shape index (κ1) is 11.0. The molecule has 90 valence electrons. The summed E-state index contributed by atoms with van der Waals surface area (Å²) in [6.45, 7) is 0. The third kappa shape index (κ3) is 2.44. The van der Waals surface area contributed by atoms with Crippen LogP contribution in [-0.4, -0.2) is 11.2 Å². The fraction of sp³-hybridized carbons (Fsp3) is 0.500. The van der Waals surface area contributed by atoms with Gasteiger partial charge in [0, 0.05) is 11.7 Å². The summed E-state index contributed by atoms with van der Waals surface area (Å²) < 4.78 is 0. The Balaban J connectivity index is 1.54. The number of hydrogen-bond donors (Lipinski definition) is 2. The number of anilines is 1. The van der Waals surface area contributed by atoms with Gasteiger partial charge in [0.1, 0.15) is 0 Å². The van der Waals surface area contributed by atoms with E-state index in [2.05, 4.69) is 10.6 Å². The maximum atomic E-state index is 5.37. The van der Waals surface area contributed by atoms with Crippen LogP contribution in [0.5, 0.6) is 0 Å². The number of para-hydroxylation sites is 1. The van der Waals surface area contributed by atoms with Crippen LogP contribution in [0.1, 0.15) is 25.7 Å². The molecule has 0 aromatic heterocycles. The van der Waals surface area contributed by atoms with Gasteiger partial charge in [-0.3, -0.25) is 0 Å². The Labute approximate surface area is 108 Å². The second kappa shape index (κ2) is 4.65. The highest BCUT2D eigenvalue weighted by atomic mass is 32.1. The molecule has 2 nitrogen and oxygen atoms in total. The topological polar surface area (TPSA) is 24.1 Å². The molecule has 3 heteroatoms. The summed E-state index contributed by atoms with van der Waals surface area (Å²) in [5.41, 5.74) is 1.06. The summed E-state index contributed by atoms with van der Waals surface area (Å²) in [6.07, 6.45) is 5.53. The van der Waals surface area contributed by atoms with E-state index in [1.165, 1.54) is 25.7 Å². The largest absolute Gasteiger partial charge is 0.359 e. The van der Waals surface area contributed by atoms with Gasteiger partial charge in [-0.05, 0) is 55.4 Å². The summed E-state index contributed by atoms with van der Waals surface area (Å²) >= 11 is 5.37. The second-order valence-corrected chi connectivity index (χ2v) is 5.65. The van der Waals surface area contributed by atoms with Gasteiger partial charge in [-0.2, -0.15) is 0 Å². The zero-order chi connectivity index (χ0) is 11.7. The molecule has 1 aromatic rings. The van der Waals surface area contributed by atoms with E-state index in [-0.39, 0.29) is 0 Å². The molecule has 0 amide bonds. The Bertz CT molecular complexity index is 404. The third-order valence-electron chi connectivity index (χ3n) is 4.09. The van der Waals surface area contributed by atoms with E-state index in [1.54, 1.807) is 0 Å². The first-order chi connectivity index (χ1) is 8.31. The van der Waals surface area contributed by atoms with Crippen LogP contribution in [0.25, 0.3) is 0 Å². The lowest BCUT2D eigenvalue weighted by Gasteiger charge is -2.24. The Kier molecular flexibility index (Phi) is 3.02. The molecule has 0 unspecified atom stereocenters. The Morgan fingerprint density at radius 3 is 2.59 bits per heavy atom. The van der Waals surface area contributed by atoms with Gasteiger partial charge in [-0.15, -0.1) is 0 Å². The van der Waals surface area contributed by atoms with Crippen LogP contribution >= 0.6 is 12.2 Å². The maximum absolute atomic E-state index is 5.37. The second-order valence-electron chi connectivity index (χ2n) is 5.25. The van der Waals surface area contributed by atoms with E-state index >= 15 is 0 Å². The first-order valence-electron chi connectivity index (χ1n) is 6.44. The molecule has 0 radical (unpaired) electrons. The molecule has 0 heterocycles. The summed E-state index contributed by atoms with van der Waals surface area (Å²) in [6, 6.07) is 10.7. The number of thiocarbonyl (C=S) groups is 1. The molecular weight excluding hydrogens is 228 g/mol. The van der Waals surface area contributed by atoms with Crippen LogP contribution in [0.15, 0.2) is 30.3 Å². The van der Waals surface area contributed by atoms with Crippen LogP contribution in [0, 0.1) is 11.8 Å². The summed E-state index contributed by atoms with van der Waals surface area (Å²) in [7, 11) is 0. The quantitative estimate of drug-likeness (QED) is 0.784. The molecule has 2 saturated carbocycles. The van der Waals surface area contributed by atoms with Gasteiger partial charge < -0.3 is 10.6 Å². The van der Waals surface area contributed by atoms with E-state index in [4.69, 9.17) is 12.2 Å². The third-order valence-corrected chi connectivity index (χ3v) is 4.31. The monoisotopic (exact) mass is 246 g/mol. The van der Waals surface area contributed by atoms with Crippen LogP contribution in [0.4, 0.5) is 5.69 Å². The van der Waals surface area contributed by atoms with Gasteiger partial charge in [0.25, 0.3) is 0 Å². The average molecular weight is 246 g/mol. The summed E-state index contributed by atoms with van der Waals surface area (Å²) in [5.74, 6) is 1.81. The fourth-order valence-corrected chi connectivity index (χ4v) is 3.55. The Morgan fingerprint density at radius 1 is 1.12 bits per heavy atom. The minimum Gasteiger partial charge on any atom is -0.359 e. The van der Waals surface area contributed by atoms with Crippen LogP contribution in [0.3, 0.4) is 0 Å². The standard InChI is InChI=1S/C14H18N2S/c17-14(15-12-4-2-1-3-5-12)16-13-9-10-6-7-11(13)8-10/h1-5,10-11,13H,6-9H2,(H2,15,16,17)/t10-,11-,13+/m1/s1. The number of hydrogen-bond acceptors (Lipinski definition) is 1. The molecule has 2 bridgehead atoms. The lowest BCUT2D eigenvalue weighted by Crippen LogP contribution is -2.40. The van der Waals surface area contributed by atoms with Crippen molar-refractivity contribution >= 4 is 23.0 Å². The molecular formula is C14H18N2S. The van der Waals surface area contributed by atoms with Crippen LogP contribution < -0.4 is 10.6 Å². The highest BCUT2D eigenvalue weighted by Crippen LogP contribution is 2.44. The van der Waals surface area contributed by atoms with Gasteiger partial charge >= 0.3 is 0 Å². The van der Waals surface area contributed by atoms with Crippen molar-refractivity contribution in [3.05, 3.63) is 30.3 Å². The van der Waals surface area contributed by atoms with Crippen molar-refractivity contribution in [1.82, 2.24) is 5.32 Å². The number of benzene rings is 1. The summed E-state index contributed by atoms with van der Waals surface area (Å²) in [4.78, 5) is 0. The zero-order valence-corrected chi connectivity index (χ0v) is 10.7. The fourth-order valence-electron chi connectivity index (χ4n) is 3.28. The molecule has 0 saturated heterocycles. The van der Waals surface area contributed by atoms with E-state index in [1.807, 2.05) is 30.3 Å². The Morgan fingerprint density at radius 2 is 1.94 bits per heavy atom. The molecule has 0 spiro atoms. The van der Waals surface area contributed by atoms with E-state index in [0.29, 0.717) is 6.04 Å². The van der Waals surface area contributed by atoms with Crippen LogP contribution in [0.2, 0.25) is 0 Å². The maximum Gasteiger partial charge on any atom is 0.171 e. The zero-order valence-electron chi connectivity index (χ0n) is 9.86. The normalized spacial score (nSPS) is 30.2. The van der Waals surface area contributed by atoms with Gasteiger partial charge in [0.2, 0.25) is 0 Å². The molecule has 3 atom stereocenters. The van der Waals surface area contributed by atoms with E-state index < -0.39 is 0 Å². The van der Waals surface area contributed by atoms with Crippen molar-refractivity contribution in [2.75, 3.05) is 5.32 Å². The predicted molar refractivity (Wildman–Crippen MR) is 75.0 cm³/mol. The molecule has 0 aliphatic heterocycles. The minimum atomic E-state index is 0.609. The molecule has 2 fully saturated rings. The summed E-state index contributed by atoms with van der Waals surface area (Å²) in [5, 5.41) is 7.50. The number of nitrogens with one attached hydrogen (secondary N) is 2. The lowest BCUT2D eigenvalue weighted by molar-refractivity contribution is 0.392. The van der Waals surface area contributed by atoms with Gasteiger partial charge in [-0.1, -0.05) is 24.6 Å². The van der Waals surface area contributed by atoms with Crippen LogP contribution in [-0.2, 0) is 0 Å². The SMILES string of the molecule is S=C(Nc1ccccc1)N[C@H]1C[C@@H]2CC[C@@H]1C2. The molecule has 2 N–H and O–H groups in total. The van der Waals surface area contributed by atoms with Crippen molar-refractivity contribution in [1.29, 1.82) is 0 Å². The van der Waals surface area contributed by atoms with Gasteiger partial charge in [0.15, 0.2) is 5.11 Å². The highest BCUT2D eigenvalue weighted by molar-refractivity contribution is 7.80. The number of fused-ring (bicyclic) bond motifs is 2. The average Bonchev–Trinajstić information content (AvgIpc) is 2.92. The van der Waals surface area contributed by atoms with Crippen molar-refractivity contribution < 1.29 is 0 Å². The van der Waals surface area contributed by atoms with E-state index in [0.717, 1.165) is 22.6 Å². The highest BCUT2D eigenvalue weighted by Gasteiger charge is 2.39. The van der Waals surface area contributed by atoms with Gasteiger partial charge in [0.05, 0.1) is 0 Å². The lowest BCUT2D eigenvalue weighted by atomic mass is 9.96. The van der Waals surface area contributed by atoms with Crippen molar-refractivity contribution in [3.8, 4) is 0 Å². The minimum absolute atomic E-state index is 0.609. The van der Waals surface area contributed by atoms with Crippen molar-refractivity contribution in [2.24, 2.45) is 11.8 Å². The van der Waals surface area contributed by atoms with E-state index in [9.17, 15) is 0 Å². The molecule has 2 aliphatic carbocycles. The molecule has 17 heavy (non-hydrogen) atoms. The van der Waals surface area contributed by atoms with Gasteiger partial charge in [-0.25, -0.2) is 0 Å². The predicted octanol–water partition coefficient (Wildman–Crippen LogP) is 3.16. The molecule has 2 aliphatic rings. The first-order valence-corrected chi connectivity index (χ1v) is 6.84. The molecule has 3 rings (SSSR count). The number of rotatable bonds is 2. The molecule has 1 aromatic carbocycles. The van der Waals surface area contributed by atoms with Crippen molar-refractivity contribution in [3.63, 3.8) is 0 Å². The smallest absolute Gasteiger partial charge is 0.171 e. The van der Waals surface area contributed by atoms with Crippen molar-refractivity contribution in [2.45, 2.75) is 31.7 Å².